The lowest BCUT2D eigenvalue weighted by Crippen LogP contribution is -2.26. The van der Waals surface area contributed by atoms with Crippen molar-refractivity contribution in [1.29, 1.82) is 0 Å². The highest BCUT2D eigenvalue weighted by molar-refractivity contribution is 7.46. The summed E-state index contributed by atoms with van der Waals surface area (Å²) >= 11 is 0. The van der Waals surface area contributed by atoms with Crippen molar-refractivity contribution < 1.29 is 23.7 Å². The number of phosphoric ester groups is 1. The lowest BCUT2D eigenvalue weighted by molar-refractivity contribution is -0.120. The first kappa shape index (κ1) is 22.2. The lowest BCUT2D eigenvalue weighted by atomic mass is 9.92. The maximum absolute atomic E-state index is 12.5. The van der Waals surface area contributed by atoms with Crippen molar-refractivity contribution in [2.75, 3.05) is 13.2 Å². The van der Waals surface area contributed by atoms with Gasteiger partial charge in [-0.1, -0.05) is 66.7 Å². The van der Waals surface area contributed by atoms with E-state index in [9.17, 15) is 9.36 Å². The molecule has 0 unspecified atom stereocenters. The number of fused-ring (bicyclic) bond motifs is 1. The molecular weight excluding hydrogens is 401 g/mol. The van der Waals surface area contributed by atoms with Gasteiger partial charge in [0.15, 0.2) is 0 Å². The van der Waals surface area contributed by atoms with Crippen molar-refractivity contribution in [3.05, 3.63) is 72.3 Å². The van der Waals surface area contributed by atoms with Crippen molar-refractivity contribution in [3.63, 3.8) is 0 Å². The molecule has 0 heterocycles. The highest BCUT2D eigenvalue weighted by Crippen LogP contribution is 2.35. The van der Waals surface area contributed by atoms with Crippen molar-refractivity contribution in [2.45, 2.75) is 25.7 Å². The van der Waals surface area contributed by atoms with Crippen LogP contribution in [0.25, 0.3) is 21.9 Å². The van der Waals surface area contributed by atoms with E-state index in [4.69, 9.17) is 9.79 Å². The molecule has 0 spiro atoms. The van der Waals surface area contributed by atoms with Gasteiger partial charge in [-0.05, 0) is 46.7 Å². The van der Waals surface area contributed by atoms with Crippen molar-refractivity contribution in [1.82, 2.24) is 5.32 Å². The van der Waals surface area contributed by atoms with Crippen LogP contribution in [-0.2, 0) is 20.3 Å². The minimum Gasteiger partial charge on any atom is -0.356 e. The third kappa shape index (κ3) is 6.51. The second kappa shape index (κ2) is 10.5. The molecule has 30 heavy (non-hydrogen) atoms. The molecule has 3 aromatic carbocycles. The summed E-state index contributed by atoms with van der Waals surface area (Å²) in [6, 6.07) is 22.3. The van der Waals surface area contributed by atoms with Gasteiger partial charge in [0.2, 0.25) is 5.91 Å². The van der Waals surface area contributed by atoms with Gasteiger partial charge in [-0.2, -0.15) is 0 Å². The Bertz CT molecular complexity index is 1030. The van der Waals surface area contributed by atoms with Crippen LogP contribution in [0.4, 0.5) is 0 Å². The number of unbranched alkanes of at least 4 members (excludes halogenated alkanes) is 2. The molecule has 3 rings (SSSR count). The molecule has 0 aliphatic carbocycles. The molecule has 3 aromatic rings. The summed E-state index contributed by atoms with van der Waals surface area (Å²) in [5.41, 5.74) is 3.15. The van der Waals surface area contributed by atoms with Gasteiger partial charge in [0.05, 0.1) is 13.0 Å². The zero-order valence-corrected chi connectivity index (χ0v) is 17.6. The summed E-state index contributed by atoms with van der Waals surface area (Å²) in [5.74, 6) is -0.0473. The summed E-state index contributed by atoms with van der Waals surface area (Å²) in [5, 5.41) is 5.19. The molecular formula is C23H26NO5P. The normalized spacial score (nSPS) is 11.5. The molecule has 6 nitrogen and oxygen atoms in total. The molecule has 0 fully saturated rings. The first-order valence-electron chi connectivity index (χ1n) is 9.97. The van der Waals surface area contributed by atoms with E-state index in [1.54, 1.807) is 0 Å². The Labute approximate surface area is 176 Å². The minimum absolute atomic E-state index is 0.00967. The topological polar surface area (TPSA) is 95.9 Å². The summed E-state index contributed by atoms with van der Waals surface area (Å²) in [7, 11) is -4.39. The van der Waals surface area contributed by atoms with Crippen LogP contribution in [0.3, 0.4) is 0 Å². The van der Waals surface area contributed by atoms with Crippen LogP contribution in [0.5, 0.6) is 0 Å². The van der Waals surface area contributed by atoms with Gasteiger partial charge in [0.1, 0.15) is 0 Å². The predicted molar refractivity (Wildman–Crippen MR) is 118 cm³/mol. The number of nitrogens with one attached hydrogen (secondary N) is 1. The second-order valence-corrected chi connectivity index (χ2v) is 8.34. The fourth-order valence-electron chi connectivity index (χ4n) is 3.46. The largest absolute Gasteiger partial charge is 0.469 e. The van der Waals surface area contributed by atoms with Crippen LogP contribution >= 0.6 is 7.82 Å². The Morgan fingerprint density at radius 2 is 1.63 bits per heavy atom. The standard InChI is InChI=1S/C23H26NO5P/c25-22(24-15-7-2-8-16-29-30(26,27)28)17-20-14-13-18-9-5-6-12-21(18)23(20)19-10-3-1-4-11-19/h1,3-6,9-14H,2,7-8,15-17H2,(H,24,25)(H2,26,27,28). The first-order chi connectivity index (χ1) is 14.4. The number of benzene rings is 3. The average molecular weight is 427 g/mol. The summed E-state index contributed by atoms with van der Waals surface area (Å²) in [4.78, 5) is 29.8. The second-order valence-electron chi connectivity index (χ2n) is 7.10. The van der Waals surface area contributed by atoms with Gasteiger partial charge in [-0.25, -0.2) is 4.57 Å². The molecule has 7 heteroatoms. The van der Waals surface area contributed by atoms with E-state index in [1.807, 2.05) is 42.5 Å². The van der Waals surface area contributed by atoms with Crippen LogP contribution < -0.4 is 5.32 Å². The molecule has 0 bridgehead atoms. The van der Waals surface area contributed by atoms with Gasteiger partial charge < -0.3 is 15.1 Å². The fourth-order valence-corrected chi connectivity index (χ4v) is 3.83. The van der Waals surface area contributed by atoms with E-state index in [0.717, 1.165) is 33.9 Å². The van der Waals surface area contributed by atoms with E-state index in [2.05, 4.69) is 34.1 Å². The zero-order chi connectivity index (χ0) is 21.4. The molecule has 3 N–H and O–H groups in total. The Balaban J connectivity index is 1.60. The van der Waals surface area contributed by atoms with Gasteiger partial charge in [0.25, 0.3) is 0 Å². The predicted octanol–water partition coefficient (Wildman–Crippen LogP) is 4.45. The van der Waals surface area contributed by atoms with Crippen LogP contribution in [0, 0.1) is 0 Å². The summed E-state index contributed by atoms with van der Waals surface area (Å²) in [6.45, 7) is 0.527. The molecule has 0 aromatic heterocycles. The molecule has 158 valence electrons. The molecule has 0 saturated heterocycles. The highest BCUT2D eigenvalue weighted by Gasteiger charge is 2.14. The number of rotatable bonds is 10. The van der Waals surface area contributed by atoms with E-state index in [1.165, 1.54) is 0 Å². The van der Waals surface area contributed by atoms with E-state index < -0.39 is 7.82 Å². The summed E-state index contributed by atoms with van der Waals surface area (Å²) in [6.07, 6.45) is 2.26. The van der Waals surface area contributed by atoms with Crippen LogP contribution in [-0.4, -0.2) is 28.8 Å². The fraction of sp³-hybridized carbons (Fsp3) is 0.261. The third-order valence-corrected chi connectivity index (χ3v) is 5.35. The SMILES string of the molecule is O=C(Cc1ccc2ccccc2c1-c1ccccc1)NCCCCCOP(=O)(O)O. The van der Waals surface area contributed by atoms with Gasteiger partial charge in [0, 0.05) is 6.54 Å². The summed E-state index contributed by atoms with van der Waals surface area (Å²) < 4.78 is 15.0. The third-order valence-electron chi connectivity index (χ3n) is 4.83. The van der Waals surface area contributed by atoms with E-state index >= 15 is 0 Å². The average Bonchev–Trinajstić information content (AvgIpc) is 2.72. The van der Waals surface area contributed by atoms with Gasteiger partial charge >= 0.3 is 7.82 Å². The Kier molecular flexibility index (Phi) is 7.77. The maximum atomic E-state index is 12.5. The van der Waals surface area contributed by atoms with Crippen molar-refractivity contribution >= 4 is 24.5 Å². The molecule has 0 saturated carbocycles. The Hall–Kier alpha value is -2.50. The van der Waals surface area contributed by atoms with Crippen LogP contribution in [0.1, 0.15) is 24.8 Å². The number of carbonyl (C=O) groups is 1. The maximum Gasteiger partial charge on any atom is 0.469 e. The van der Waals surface area contributed by atoms with E-state index in [-0.39, 0.29) is 18.9 Å². The highest BCUT2D eigenvalue weighted by atomic mass is 31.2. The smallest absolute Gasteiger partial charge is 0.356 e. The first-order valence-corrected chi connectivity index (χ1v) is 11.5. The molecule has 1 amide bonds. The molecule has 0 radical (unpaired) electrons. The Morgan fingerprint density at radius 1 is 0.900 bits per heavy atom. The van der Waals surface area contributed by atoms with Crippen molar-refractivity contribution in [2.24, 2.45) is 0 Å². The van der Waals surface area contributed by atoms with Crippen molar-refractivity contribution in [3.8, 4) is 11.1 Å². The zero-order valence-electron chi connectivity index (χ0n) is 16.7. The number of hydrogen-bond donors (Lipinski definition) is 3. The van der Waals surface area contributed by atoms with Crippen LogP contribution in [0.2, 0.25) is 0 Å². The quantitative estimate of drug-likeness (QED) is 0.328. The minimum atomic E-state index is -4.39. The van der Waals surface area contributed by atoms with Gasteiger partial charge in [-0.3, -0.25) is 9.32 Å². The number of amides is 1. The monoisotopic (exact) mass is 427 g/mol. The molecule has 0 aliphatic heterocycles. The van der Waals surface area contributed by atoms with Gasteiger partial charge in [-0.15, -0.1) is 0 Å². The number of hydrogen-bond acceptors (Lipinski definition) is 3. The Morgan fingerprint density at radius 3 is 2.40 bits per heavy atom. The van der Waals surface area contributed by atoms with Crippen LogP contribution in [0.15, 0.2) is 66.7 Å². The van der Waals surface area contributed by atoms with E-state index in [0.29, 0.717) is 19.4 Å². The number of carbonyl (C=O) groups excluding carboxylic acids is 1. The lowest BCUT2D eigenvalue weighted by Gasteiger charge is -2.14. The molecule has 0 aliphatic rings. The number of phosphoric acid groups is 1. The molecule has 0 atom stereocenters.